The highest BCUT2D eigenvalue weighted by Crippen LogP contribution is 2.34. The normalized spacial score (nSPS) is 16.8. The number of hydrogen-bond donors (Lipinski definition) is 2. The van der Waals surface area contributed by atoms with Crippen LogP contribution in [0, 0.1) is 13.8 Å². The van der Waals surface area contributed by atoms with Crippen LogP contribution < -0.4 is 20.1 Å². The lowest BCUT2D eigenvalue weighted by Crippen LogP contribution is -2.33. The summed E-state index contributed by atoms with van der Waals surface area (Å²) in [5.41, 5.74) is 4.14. The Balaban J connectivity index is 1.74. The number of nitrogens with zero attached hydrogens (tertiary/aromatic N) is 1. The van der Waals surface area contributed by atoms with Crippen molar-refractivity contribution in [3.8, 4) is 11.5 Å². The van der Waals surface area contributed by atoms with E-state index >= 15 is 0 Å². The van der Waals surface area contributed by atoms with Crippen molar-refractivity contribution in [1.29, 1.82) is 0 Å². The zero-order chi connectivity index (χ0) is 17.3. The monoisotopic (exact) mass is 347 g/mol. The molecule has 0 bridgehead atoms. The average Bonchev–Trinajstić information content (AvgIpc) is 3.01. The van der Waals surface area contributed by atoms with E-state index in [1.807, 2.05) is 32.0 Å². The molecule has 0 amide bonds. The lowest BCUT2D eigenvalue weighted by Gasteiger charge is -2.19. The predicted molar refractivity (Wildman–Crippen MR) is 96.1 cm³/mol. The number of hydrogen-bond acceptors (Lipinski definition) is 6. The van der Waals surface area contributed by atoms with Gasteiger partial charge < -0.3 is 24.7 Å². The van der Waals surface area contributed by atoms with Gasteiger partial charge in [-0.1, -0.05) is 0 Å². The molecule has 3 rings (SSSR count). The Hall–Kier alpha value is -2.12. The molecule has 0 saturated heterocycles. The molecule has 7 heteroatoms. The van der Waals surface area contributed by atoms with E-state index < -0.39 is 11.2 Å². The summed E-state index contributed by atoms with van der Waals surface area (Å²) in [5.74, 6) is 1.91. The highest BCUT2D eigenvalue weighted by Gasteiger charge is 2.30. The Kier molecular flexibility index (Phi) is 4.73. The van der Waals surface area contributed by atoms with Gasteiger partial charge in [0.2, 0.25) is 0 Å². The van der Waals surface area contributed by atoms with Gasteiger partial charge in [-0.2, -0.15) is 0 Å². The van der Waals surface area contributed by atoms with Gasteiger partial charge >= 0.3 is 0 Å². The van der Waals surface area contributed by atoms with Gasteiger partial charge in [0, 0.05) is 23.4 Å². The molecular formula is C17H21N3O3S. The second-order valence-electron chi connectivity index (χ2n) is 5.65. The standard InChI is InChI=1S/C17H21N3O3S/c1-10-8-18-15(11(2)16(10)23-4)9-24(21)17-19-13-6-5-12(22-3)7-14(13)20-17/h5-8,17,19-20H,9H2,1-4H3/t17-,24?/m0/s1. The summed E-state index contributed by atoms with van der Waals surface area (Å²) >= 11 is -1.19. The minimum absolute atomic E-state index is 0.345. The number of methoxy groups -OCH3 is 2. The summed E-state index contributed by atoms with van der Waals surface area (Å²) in [6.45, 7) is 3.89. The lowest BCUT2D eigenvalue weighted by molar-refractivity contribution is 0.407. The van der Waals surface area contributed by atoms with E-state index in [9.17, 15) is 4.55 Å². The molecule has 1 aromatic heterocycles. The van der Waals surface area contributed by atoms with Crippen molar-refractivity contribution in [1.82, 2.24) is 4.98 Å². The maximum atomic E-state index is 12.7. The van der Waals surface area contributed by atoms with E-state index in [4.69, 9.17) is 9.47 Å². The number of aryl methyl sites for hydroxylation is 1. The number of benzene rings is 1. The van der Waals surface area contributed by atoms with Gasteiger partial charge in [-0.25, -0.2) is 0 Å². The summed E-state index contributed by atoms with van der Waals surface area (Å²) in [6, 6.07) is 5.67. The lowest BCUT2D eigenvalue weighted by atomic mass is 10.1. The third-order valence-electron chi connectivity index (χ3n) is 4.09. The second-order valence-corrected chi connectivity index (χ2v) is 7.17. The maximum absolute atomic E-state index is 12.7. The molecule has 2 heterocycles. The van der Waals surface area contributed by atoms with Gasteiger partial charge in [0.1, 0.15) is 11.5 Å². The van der Waals surface area contributed by atoms with E-state index in [0.717, 1.165) is 39.7 Å². The van der Waals surface area contributed by atoms with E-state index in [1.54, 1.807) is 20.4 Å². The van der Waals surface area contributed by atoms with Crippen LogP contribution in [-0.2, 0) is 16.9 Å². The van der Waals surface area contributed by atoms with Crippen molar-refractivity contribution in [3.05, 3.63) is 41.2 Å². The first-order chi connectivity index (χ1) is 11.5. The van der Waals surface area contributed by atoms with Crippen LogP contribution in [-0.4, -0.2) is 29.3 Å². The fourth-order valence-corrected chi connectivity index (χ4v) is 4.02. The fourth-order valence-electron chi connectivity index (χ4n) is 2.78. The molecule has 1 unspecified atom stereocenters. The van der Waals surface area contributed by atoms with Crippen LogP contribution in [0.1, 0.15) is 16.8 Å². The predicted octanol–water partition coefficient (Wildman–Crippen LogP) is 2.79. The Labute approximate surface area is 144 Å². The van der Waals surface area contributed by atoms with Gasteiger partial charge in [0.05, 0.1) is 31.3 Å². The Bertz CT molecular complexity index is 754. The van der Waals surface area contributed by atoms with Crippen LogP contribution in [0.3, 0.4) is 0 Å². The molecule has 1 aromatic carbocycles. The molecule has 0 saturated carbocycles. The molecule has 0 fully saturated rings. The average molecular weight is 347 g/mol. The van der Waals surface area contributed by atoms with Crippen LogP contribution in [0.5, 0.6) is 11.5 Å². The molecule has 2 atom stereocenters. The minimum Gasteiger partial charge on any atom is -0.613 e. The zero-order valence-corrected chi connectivity index (χ0v) is 15.0. The van der Waals surface area contributed by atoms with Crippen LogP contribution in [0.25, 0.3) is 0 Å². The van der Waals surface area contributed by atoms with E-state index in [2.05, 4.69) is 15.6 Å². The van der Waals surface area contributed by atoms with E-state index in [1.165, 1.54) is 0 Å². The quantitative estimate of drug-likeness (QED) is 0.810. The largest absolute Gasteiger partial charge is 0.613 e. The molecule has 6 nitrogen and oxygen atoms in total. The number of aromatic nitrogens is 1. The van der Waals surface area contributed by atoms with Gasteiger partial charge in [-0.3, -0.25) is 4.98 Å². The molecular weight excluding hydrogens is 326 g/mol. The second kappa shape index (κ2) is 6.78. The molecule has 0 aliphatic carbocycles. The van der Waals surface area contributed by atoms with Crippen molar-refractivity contribution in [2.45, 2.75) is 25.1 Å². The minimum atomic E-state index is -1.19. The topological polar surface area (TPSA) is 78.5 Å². The SMILES string of the molecule is COc1ccc2c(c1)N[C@@H]([S+]([O-])Cc1ncc(C)c(OC)c1C)N2. The van der Waals surface area contributed by atoms with Crippen molar-refractivity contribution in [2.24, 2.45) is 0 Å². The summed E-state index contributed by atoms with van der Waals surface area (Å²) < 4.78 is 23.4. The van der Waals surface area contributed by atoms with Crippen molar-refractivity contribution < 1.29 is 14.0 Å². The molecule has 1 aliphatic heterocycles. The van der Waals surface area contributed by atoms with E-state index in [0.29, 0.717) is 5.75 Å². The third-order valence-corrected chi connectivity index (χ3v) is 5.41. The van der Waals surface area contributed by atoms with Gasteiger partial charge in [0.15, 0.2) is 5.75 Å². The molecule has 0 radical (unpaired) electrons. The maximum Gasteiger partial charge on any atom is 0.262 e. The summed E-state index contributed by atoms with van der Waals surface area (Å²) in [7, 11) is 3.26. The first-order valence-corrected chi connectivity index (χ1v) is 8.99. The van der Waals surface area contributed by atoms with Gasteiger partial charge in [-0.15, -0.1) is 0 Å². The summed E-state index contributed by atoms with van der Waals surface area (Å²) in [5, 5.41) is 6.48. The molecule has 0 spiro atoms. The highest BCUT2D eigenvalue weighted by atomic mass is 32.2. The number of rotatable bonds is 5. The molecule has 24 heavy (non-hydrogen) atoms. The molecule has 2 N–H and O–H groups in total. The van der Waals surface area contributed by atoms with Crippen LogP contribution in [0.15, 0.2) is 24.4 Å². The molecule has 128 valence electrons. The van der Waals surface area contributed by atoms with Crippen molar-refractivity contribution in [2.75, 3.05) is 24.9 Å². The first kappa shape index (κ1) is 16.7. The van der Waals surface area contributed by atoms with Crippen LogP contribution in [0.4, 0.5) is 11.4 Å². The van der Waals surface area contributed by atoms with E-state index in [-0.39, 0.29) is 5.50 Å². The fraction of sp³-hybridized carbons (Fsp3) is 0.353. The van der Waals surface area contributed by atoms with Crippen LogP contribution in [0.2, 0.25) is 0 Å². The Morgan fingerprint density at radius 2 is 1.92 bits per heavy atom. The number of nitrogens with one attached hydrogen (secondary N) is 2. The first-order valence-electron chi connectivity index (χ1n) is 7.61. The third kappa shape index (κ3) is 3.09. The summed E-state index contributed by atoms with van der Waals surface area (Å²) in [6.07, 6.45) is 1.76. The summed E-state index contributed by atoms with van der Waals surface area (Å²) in [4.78, 5) is 4.43. The zero-order valence-electron chi connectivity index (χ0n) is 14.2. The van der Waals surface area contributed by atoms with Gasteiger partial charge in [0.25, 0.3) is 5.50 Å². The smallest absolute Gasteiger partial charge is 0.262 e. The van der Waals surface area contributed by atoms with Crippen LogP contribution >= 0.6 is 0 Å². The molecule has 2 aromatic rings. The Morgan fingerprint density at radius 3 is 2.62 bits per heavy atom. The van der Waals surface area contributed by atoms with Crippen molar-refractivity contribution >= 4 is 22.6 Å². The van der Waals surface area contributed by atoms with Crippen molar-refractivity contribution in [3.63, 3.8) is 0 Å². The van der Waals surface area contributed by atoms with Gasteiger partial charge in [-0.05, 0) is 37.2 Å². The Morgan fingerprint density at radius 1 is 1.17 bits per heavy atom. The number of anilines is 2. The highest BCUT2D eigenvalue weighted by molar-refractivity contribution is 7.91. The molecule has 1 aliphatic rings. The number of pyridine rings is 1. The number of ether oxygens (including phenoxy) is 2. The number of fused-ring (bicyclic) bond motifs is 1.